The molecule has 0 nitrogen and oxygen atoms in total. The van der Waals surface area contributed by atoms with E-state index in [0.29, 0.717) is 0 Å². The van der Waals surface area contributed by atoms with E-state index in [1.807, 2.05) is 0 Å². The standard InChI is InChI=1S/C23H27.2CH3.Hf/c1-22(2,3)18-13-17(14-19(15-18)23(4,5)6)21-12-8-10-16-9-7-11-20(16)21;;;/h7-15H,1-6H3;2*1H3;. The van der Waals surface area contributed by atoms with Gasteiger partial charge >= 0.3 is 169 Å². The molecule has 2 aromatic rings. The van der Waals surface area contributed by atoms with Crippen LogP contribution in [0.5, 0.6) is 0 Å². The number of hydrogen-bond acceptors (Lipinski definition) is 0. The van der Waals surface area contributed by atoms with Gasteiger partial charge in [-0.2, -0.15) is 0 Å². The van der Waals surface area contributed by atoms with Gasteiger partial charge in [0, 0.05) is 0 Å². The molecular formula is C25H33Hf. The fraction of sp³-hybridized carbons (Fsp3) is 0.440. The second-order valence-electron chi connectivity index (χ2n) is 10.0. The topological polar surface area (TPSA) is 0 Å². The molecule has 0 fully saturated rings. The molecule has 0 amide bonds. The van der Waals surface area contributed by atoms with Gasteiger partial charge in [0.05, 0.1) is 0 Å². The fourth-order valence-electron chi connectivity index (χ4n) is 3.74. The fourth-order valence-corrected chi connectivity index (χ4v) is 8.61. The molecule has 0 aromatic heterocycles. The molecule has 26 heavy (non-hydrogen) atoms. The number of allylic oxidation sites excluding steroid dienone is 1. The molecule has 2 aromatic carbocycles. The summed E-state index contributed by atoms with van der Waals surface area (Å²) in [6, 6.07) is 14.2. The summed E-state index contributed by atoms with van der Waals surface area (Å²) in [7, 11) is 0. The van der Waals surface area contributed by atoms with Crippen LogP contribution < -0.4 is 0 Å². The van der Waals surface area contributed by atoms with Crippen molar-refractivity contribution in [3.05, 3.63) is 64.7 Å². The Hall–Kier alpha value is -0.950. The first-order valence-electron chi connectivity index (χ1n) is 9.76. The third-order valence-electron chi connectivity index (χ3n) is 5.53. The molecule has 0 heterocycles. The molecule has 0 saturated carbocycles. The zero-order valence-corrected chi connectivity index (χ0v) is 21.3. The molecule has 1 unspecified atom stereocenters. The second-order valence-corrected chi connectivity index (χ2v) is 20.0. The summed E-state index contributed by atoms with van der Waals surface area (Å²) in [5, 5.41) is 0. The van der Waals surface area contributed by atoms with Gasteiger partial charge in [-0.05, 0) is 0 Å². The molecule has 1 atom stereocenters. The summed E-state index contributed by atoms with van der Waals surface area (Å²) >= 11 is -1.47. The Kier molecular flexibility index (Phi) is 5.25. The summed E-state index contributed by atoms with van der Waals surface area (Å²) in [5.74, 6) is 0. The Morgan fingerprint density at radius 3 is 1.88 bits per heavy atom. The van der Waals surface area contributed by atoms with Crippen LogP contribution in [0.4, 0.5) is 0 Å². The van der Waals surface area contributed by atoms with Gasteiger partial charge in [0.1, 0.15) is 0 Å². The molecule has 3 rings (SSSR count). The van der Waals surface area contributed by atoms with Gasteiger partial charge < -0.3 is 0 Å². The number of hydrogen-bond donors (Lipinski definition) is 0. The van der Waals surface area contributed by atoms with Crippen LogP contribution in [0.25, 0.3) is 17.2 Å². The maximum atomic E-state index is 2.53. The number of fused-ring (bicyclic) bond motifs is 1. The van der Waals surface area contributed by atoms with Crippen molar-refractivity contribution >= 4 is 6.08 Å². The van der Waals surface area contributed by atoms with Crippen LogP contribution in [0.1, 0.15) is 67.5 Å². The van der Waals surface area contributed by atoms with Crippen molar-refractivity contribution in [1.29, 1.82) is 0 Å². The maximum absolute atomic E-state index is 2.53. The van der Waals surface area contributed by atoms with E-state index in [-0.39, 0.29) is 10.8 Å². The minimum absolute atomic E-state index is 0.154. The Balaban J connectivity index is 2.21. The first kappa shape index (κ1) is 19.8. The Labute approximate surface area is 168 Å². The normalized spacial score (nSPS) is 16.7. The Morgan fingerprint density at radius 1 is 0.808 bits per heavy atom. The quantitative estimate of drug-likeness (QED) is 0.362. The van der Waals surface area contributed by atoms with Crippen LogP contribution in [0.15, 0.2) is 42.5 Å². The van der Waals surface area contributed by atoms with Crippen LogP contribution in [0, 0.1) is 0 Å². The van der Waals surface area contributed by atoms with Crippen LogP contribution in [-0.2, 0) is 32.3 Å². The molecule has 1 heteroatoms. The Morgan fingerprint density at radius 2 is 1.38 bits per heavy atom. The van der Waals surface area contributed by atoms with E-state index in [4.69, 9.17) is 0 Å². The SMILES string of the molecule is [CH3][Hf]([CH3])[CH]1C=Cc2c(-c3cc(C(C)(C)C)cc(C(C)(C)C)c3)cccc21. The average Bonchev–Trinajstić information content (AvgIpc) is 2.97. The molecule has 0 bridgehead atoms. The molecular weight excluding hydrogens is 479 g/mol. The molecule has 137 valence electrons. The van der Waals surface area contributed by atoms with Crippen molar-refractivity contribution in [2.45, 2.75) is 65.4 Å². The van der Waals surface area contributed by atoms with E-state index in [0.717, 1.165) is 3.67 Å². The zero-order chi connectivity index (χ0) is 19.3. The van der Waals surface area contributed by atoms with Crippen molar-refractivity contribution in [2.75, 3.05) is 0 Å². The van der Waals surface area contributed by atoms with Crippen molar-refractivity contribution in [3.8, 4) is 11.1 Å². The van der Waals surface area contributed by atoms with Crippen molar-refractivity contribution in [2.24, 2.45) is 0 Å². The molecule has 0 radical (unpaired) electrons. The van der Waals surface area contributed by atoms with Gasteiger partial charge in [-0.1, -0.05) is 0 Å². The number of rotatable bonds is 2. The predicted octanol–water partition coefficient (Wildman–Crippen LogP) is 7.73. The monoisotopic (exact) mass is 513 g/mol. The van der Waals surface area contributed by atoms with Gasteiger partial charge in [-0.3, -0.25) is 0 Å². The molecule has 0 N–H and O–H groups in total. The third-order valence-corrected chi connectivity index (χ3v) is 11.8. The van der Waals surface area contributed by atoms with E-state index in [1.165, 1.54) is 27.8 Å². The van der Waals surface area contributed by atoms with E-state index in [2.05, 4.69) is 99.5 Å². The molecule has 1 aliphatic rings. The molecule has 0 saturated heterocycles. The van der Waals surface area contributed by atoms with Gasteiger partial charge in [-0.25, -0.2) is 0 Å². The van der Waals surface area contributed by atoms with Gasteiger partial charge in [0.25, 0.3) is 0 Å². The predicted molar refractivity (Wildman–Crippen MR) is 113 cm³/mol. The van der Waals surface area contributed by atoms with Crippen LogP contribution >= 0.6 is 0 Å². The first-order valence-corrected chi connectivity index (χ1v) is 19.0. The summed E-state index contributed by atoms with van der Waals surface area (Å²) in [6.45, 7) is 13.9. The third kappa shape index (κ3) is 3.84. The molecule has 0 aliphatic heterocycles. The summed E-state index contributed by atoms with van der Waals surface area (Å²) in [6.07, 6.45) is 4.88. The van der Waals surface area contributed by atoms with Crippen LogP contribution in [0.2, 0.25) is 9.36 Å². The average molecular weight is 512 g/mol. The minimum atomic E-state index is -1.47. The van der Waals surface area contributed by atoms with E-state index in [1.54, 1.807) is 5.56 Å². The first-order chi connectivity index (χ1) is 12.0. The Bertz CT molecular complexity index is 809. The van der Waals surface area contributed by atoms with Gasteiger partial charge in [0.2, 0.25) is 0 Å². The van der Waals surface area contributed by atoms with Crippen LogP contribution in [-0.4, -0.2) is 0 Å². The molecule has 0 spiro atoms. The summed E-state index contributed by atoms with van der Waals surface area (Å²) in [5.41, 5.74) is 9.00. The second kappa shape index (κ2) is 6.89. The van der Waals surface area contributed by atoms with Crippen molar-refractivity contribution in [1.82, 2.24) is 0 Å². The van der Waals surface area contributed by atoms with E-state index < -0.39 is 21.4 Å². The van der Waals surface area contributed by atoms with Gasteiger partial charge in [-0.15, -0.1) is 0 Å². The summed E-state index contributed by atoms with van der Waals surface area (Å²) < 4.78 is 5.81. The zero-order valence-electron chi connectivity index (χ0n) is 17.7. The molecule has 1 aliphatic carbocycles. The van der Waals surface area contributed by atoms with Crippen LogP contribution in [0.3, 0.4) is 0 Å². The van der Waals surface area contributed by atoms with Gasteiger partial charge in [0.15, 0.2) is 0 Å². The summed E-state index contributed by atoms with van der Waals surface area (Å²) in [4.78, 5) is 0. The van der Waals surface area contributed by atoms with E-state index >= 15 is 0 Å². The van der Waals surface area contributed by atoms with Crippen molar-refractivity contribution in [3.63, 3.8) is 0 Å². The van der Waals surface area contributed by atoms with Crippen molar-refractivity contribution < 1.29 is 21.4 Å². The van der Waals surface area contributed by atoms with E-state index in [9.17, 15) is 0 Å². The number of benzene rings is 2.